The minimum absolute atomic E-state index is 0.0391. The lowest BCUT2D eigenvalue weighted by molar-refractivity contribution is -0.267. The van der Waals surface area contributed by atoms with E-state index in [2.05, 4.69) is 27.7 Å². The highest BCUT2D eigenvalue weighted by molar-refractivity contribution is 5.77. The van der Waals surface area contributed by atoms with Crippen LogP contribution >= 0.6 is 0 Å². The van der Waals surface area contributed by atoms with Crippen LogP contribution in [0.5, 0.6) is 0 Å². The Morgan fingerprint density at radius 1 is 1.00 bits per heavy atom. The van der Waals surface area contributed by atoms with Crippen molar-refractivity contribution in [1.29, 1.82) is 0 Å². The van der Waals surface area contributed by atoms with Crippen LogP contribution in [0, 0.1) is 51.2 Å². The summed E-state index contributed by atoms with van der Waals surface area (Å²) in [5.41, 5.74) is -0.693. The number of hydrogen-bond donors (Lipinski definition) is 3. The molecule has 5 nitrogen and oxygen atoms in total. The Morgan fingerprint density at radius 2 is 1.71 bits per heavy atom. The standard InChI is InChI=1S/C26H42O5/c1-14-20-15(28)11-17-24(4)10-7-16-23(2,3)8-6-9-26(16,13-27)18(24)12-19(29)25(17,5)21(20)22(30)31-14/h14-21,27-29H,6-13H2,1-5H3/t14-,15+,16+,17+,18+,19-,20-,21-,24+,25-,26-/m1/s1. The van der Waals surface area contributed by atoms with E-state index < -0.39 is 23.5 Å². The molecule has 1 saturated heterocycles. The van der Waals surface area contributed by atoms with E-state index in [1.807, 2.05) is 6.92 Å². The highest BCUT2D eigenvalue weighted by Gasteiger charge is 2.73. The monoisotopic (exact) mass is 434 g/mol. The van der Waals surface area contributed by atoms with Gasteiger partial charge in [0.2, 0.25) is 0 Å². The molecule has 5 fully saturated rings. The second-order valence-corrected chi connectivity index (χ2v) is 13.1. The summed E-state index contributed by atoms with van der Waals surface area (Å²) < 4.78 is 5.61. The molecule has 31 heavy (non-hydrogen) atoms. The van der Waals surface area contributed by atoms with Crippen LogP contribution in [0.15, 0.2) is 0 Å². The zero-order valence-corrected chi connectivity index (χ0v) is 19.9. The van der Waals surface area contributed by atoms with E-state index in [1.165, 1.54) is 6.42 Å². The zero-order chi connectivity index (χ0) is 22.6. The number of aliphatic hydroxyl groups excluding tert-OH is 3. The average Bonchev–Trinajstić information content (AvgIpc) is 3.00. The first-order valence-corrected chi connectivity index (χ1v) is 12.6. The Bertz CT molecular complexity index is 765. The smallest absolute Gasteiger partial charge is 0.310 e. The lowest BCUT2D eigenvalue weighted by atomic mass is 9.33. The first-order valence-electron chi connectivity index (χ1n) is 12.6. The van der Waals surface area contributed by atoms with E-state index in [0.717, 1.165) is 25.7 Å². The molecule has 0 spiro atoms. The molecule has 0 radical (unpaired) electrons. The summed E-state index contributed by atoms with van der Waals surface area (Å²) >= 11 is 0. The number of fused-ring (bicyclic) bond motifs is 7. The molecule has 11 atom stereocenters. The number of ether oxygens (including phenoxy) is 1. The molecular formula is C26H42O5. The SMILES string of the molecule is C[C@H]1OC(=O)[C@H]2[C@H]1[C@@H](O)C[C@H]1[C@]3(C)CC[C@H]4C(C)(C)CCC[C@]4(CO)[C@H]3C[C@@H](O)[C@]21C. The second-order valence-electron chi connectivity index (χ2n) is 13.1. The van der Waals surface area contributed by atoms with Crippen molar-refractivity contribution in [1.82, 2.24) is 0 Å². The third-order valence-electron chi connectivity index (χ3n) is 11.7. The molecule has 0 aromatic rings. The quantitative estimate of drug-likeness (QED) is 0.550. The fourth-order valence-electron chi connectivity index (χ4n) is 10.3. The van der Waals surface area contributed by atoms with Crippen molar-refractivity contribution >= 4 is 5.97 Å². The molecule has 4 aliphatic carbocycles. The van der Waals surface area contributed by atoms with Crippen LogP contribution < -0.4 is 0 Å². The van der Waals surface area contributed by atoms with Crippen LogP contribution in [0.1, 0.15) is 79.6 Å². The molecule has 5 aliphatic rings. The van der Waals surface area contributed by atoms with Gasteiger partial charge in [-0.15, -0.1) is 0 Å². The van der Waals surface area contributed by atoms with Gasteiger partial charge in [0.15, 0.2) is 0 Å². The topological polar surface area (TPSA) is 87.0 Å². The van der Waals surface area contributed by atoms with Crippen LogP contribution in [0.4, 0.5) is 0 Å². The number of aliphatic hydroxyl groups is 3. The molecule has 4 saturated carbocycles. The second kappa shape index (κ2) is 6.70. The molecule has 0 unspecified atom stereocenters. The summed E-state index contributed by atoms with van der Waals surface area (Å²) in [6.45, 7) is 11.2. The fraction of sp³-hybridized carbons (Fsp3) is 0.962. The van der Waals surface area contributed by atoms with E-state index in [0.29, 0.717) is 18.8 Å². The number of esters is 1. The Kier molecular flexibility index (Phi) is 4.79. The lowest BCUT2D eigenvalue weighted by Crippen LogP contribution is -2.70. The van der Waals surface area contributed by atoms with Gasteiger partial charge < -0.3 is 20.1 Å². The van der Waals surface area contributed by atoms with Gasteiger partial charge in [0.05, 0.1) is 18.1 Å². The largest absolute Gasteiger partial charge is 0.462 e. The van der Waals surface area contributed by atoms with Crippen molar-refractivity contribution in [2.24, 2.45) is 51.2 Å². The van der Waals surface area contributed by atoms with Crippen molar-refractivity contribution < 1.29 is 24.9 Å². The van der Waals surface area contributed by atoms with E-state index in [9.17, 15) is 20.1 Å². The molecule has 1 aliphatic heterocycles. The van der Waals surface area contributed by atoms with E-state index in [4.69, 9.17) is 4.74 Å². The predicted molar refractivity (Wildman–Crippen MR) is 117 cm³/mol. The van der Waals surface area contributed by atoms with Crippen LogP contribution in [0.2, 0.25) is 0 Å². The zero-order valence-electron chi connectivity index (χ0n) is 19.9. The molecule has 0 bridgehead atoms. The summed E-state index contributed by atoms with van der Waals surface area (Å²) in [6, 6.07) is 0. The number of cyclic esters (lactones) is 1. The van der Waals surface area contributed by atoms with Gasteiger partial charge in [-0.1, -0.05) is 34.1 Å². The summed E-state index contributed by atoms with van der Waals surface area (Å²) in [5.74, 6) is -0.234. The predicted octanol–water partition coefficient (Wildman–Crippen LogP) is 3.54. The third-order valence-corrected chi connectivity index (χ3v) is 11.7. The highest BCUT2D eigenvalue weighted by Crippen LogP contribution is 2.74. The van der Waals surface area contributed by atoms with Gasteiger partial charge in [-0.3, -0.25) is 4.79 Å². The van der Waals surface area contributed by atoms with Crippen molar-refractivity contribution in [3.05, 3.63) is 0 Å². The van der Waals surface area contributed by atoms with Crippen molar-refractivity contribution in [2.75, 3.05) is 6.61 Å². The molecule has 0 amide bonds. The minimum atomic E-state index is -0.624. The van der Waals surface area contributed by atoms with Gasteiger partial charge in [0.1, 0.15) is 6.10 Å². The summed E-state index contributed by atoms with van der Waals surface area (Å²) in [6.07, 6.45) is 5.17. The van der Waals surface area contributed by atoms with E-state index in [-0.39, 0.29) is 52.7 Å². The molecule has 0 aromatic heterocycles. The van der Waals surface area contributed by atoms with Crippen LogP contribution in [-0.4, -0.2) is 46.2 Å². The van der Waals surface area contributed by atoms with Crippen molar-refractivity contribution in [3.63, 3.8) is 0 Å². The maximum absolute atomic E-state index is 13.0. The van der Waals surface area contributed by atoms with Gasteiger partial charge >= 0.3 is 5.97 Å². The van der Waals surface area contributed by atoms with Gasteiger partial charge in [0, 0.05) is 23.4 Å². The van der Waals surface area contributed by atoms with Crippen LogP contribution in [-0.2, 0) is 9.53 Å². The van der Waals surface area contributed by atoms with Gasteiger partial charge in [-0.2, -0.15) is 0 Å². The summed E-state index contributed by atoms with van der Waals surface area (Å²) in [7, 11) is 0. The number of carbonyl (C=O) groups is 1. The molecule has 1 heterocycles. The maximum atomic E-state index is 13.0. The maximum Gasteiger partial charge on any atom is 0.310 e. The van der Waals surface area contributed by atoms with E-state index in [1.54, 1.807) is 0 Å². The minimum Gasteiger partial charge on any atom is -0.462 e. The molecule has 5 heteroatoms. The fourth-order valence-corrected chi connectivity index (χ4v) is 10.3. The van der Waals surface area contributed by atoms with Crippen LogP contribution in [0.3, 0.4) is 0 Å². The molecule has 176 valence electrons. The Labute approximate surface area is 186 Å². The van der Waals surface area contributed by atoms with Crippen LogP contribution in [0.25, 0.3) is 0 Å². The van der Waals surface area contributed by atoms with Gasteiger partial charge in [0.25, 0.3) is 0 Å². The molecule has 0 aromatic carbocycles. The Morgan fingerprint density at radius 3 is 2.39 bits per heavy atom. The average molecular weight is 435 g/mol. The van der Waals surface area contributed by atoms with Gasteiger partial charge in [-0.05, 0) is 74.0 Å². The number of rotatable bonds is 1. The van der Waals surface area contributed by atoms with Crippen molar-refractivity contribution in [3.8, 4) is 0 Å². The third kappa shape index (κ3) is 2.57. The lowest BCUT2D eigenvalue weighted by Gasteiger charge is -2.71. The molecular weight excluding hydrogens is 392 g/mol. The number of hydrogen-bond acceptors (Lipinski definition) is 5. The first kappa shape index (κ1) is 22.2. The van der Waals surface area contributed by atoms with E-state index >= 15 is 0 Å². The highest BCUT2D eigenvalue weighted by atomic mass is 16.6. The Hall–Kier alpha value is -0.650. The first-order chi connectivity index (χ1) is 14.4. The Balaban J connectivity index is 1.61. The van der Waals surface area contributed by atoms with Gasteiger partial charge in [-0.25, -0.2) is 0 Å². The molecule has 3 N–H and O–H groups in total. The molecule has 5 rings (SSSR count). The van der Waals surface area contributed by atoms with Crippen molar-refractivity contribution in [2.45, 2.75) is 97.9 Å². The number of carbonyl (C=O) groups excluding carboxylic acids is 1. The summed E-state index contributed by atoms with van der Waals surface area (Å²) in [5, 5.41) is 33.8. The normalized spacial score (nSPS) is 57.9. The summed E-state index contributed by atoms with van der Waals surface area (Å²) in [4.78, 5) is 13.0.